The fourth-order valence-corrected chi connectivity index (χ4v) is 12.1. The van der Waals surface area contributed by atoms with Crippen molar-refractivity contribution in [2.45, 2.75) is 97.8 Å². The monoisotopic (exact) mass is 948 g/mol. The van der Waals surface area contributed by atoms with E-state index in [2.05, 4.69) is 291 Å². The van der Waals surface area contributed by atoms with Gasteiger partial charge in [0.25, 0.3) is 6.71 Å². The van der Waals surface area contributed by atoms with Crippen molar-refractivity contribution in [2.75, 3.05) is 14.7 Å². The fraction of sp³-hybridized carbons (Fsp3) is 0.217. The standard InChI is InChI=1S/C69H66BN3/c1-66(2,3)46-30-28-45(29-31-46)53-22-16-18-25-60(53)71(49-20-13-12-14-21-49)52-38-40-58-64(44-52)73(51-37-39-55-54-23-15-17-24-56(54)69(10,11)57(55)43-51)63-27-19-26-62-65(63)70(58)59-42-48(68(7,8)9)34-41-61(59)72(62)50-35-32-47(33-36-50)67(4,5)6/h12-44H,1-11H3. The zero-order chi connectivity index (χ0) is 50.8. The van der Waals surface area contributed by atoms with Gasteiger partial charge in [-0.05, 0) is 150 Å². The van der Waals surface area contributed by atoms with Crippen LogP contribution in [0.15, 0.2) is 200 Å². The normalized spacial score (nSPS) is 14.3. The highest BCUT2D eigenvalue weighted by molar-refractivity contribution is 7.00. The van der Waals surface area contributed by atoms with E-state index in [9.17, 15) is 0 Å². The first-order valence-electron chi connectivity index (χ1n) is 26.3. The Hall–Kier alpha value is -7.56. The third-order valence-corrected chi connectivity index (χ3v) is 16.1. The van der Waals surface area contributed by atoms with Gasteiger partial charge in [0.1, 0.15) is 0 Å². The summed E-state index contributed by atoms with van der Waals surface area (Å²) in [4.78, 5) is 7.59. The van der Waals surface area contributed by atoms with Gasteiger partial charge in [-0.2, -0.15) is 0 Å². The quantitative estimate of drug-likeness (QED) is 0.154. The molecule has 0 atom stereocenters. The molecule has 0 bridgehead atoms. The minimum Gasteiger partial charge on any atom is -0.311 e. The molecule has 9 aromatic rings. The summed E-state index contributed by atoms with van der Waals surface area (Å²) in [5.74, 6) is 0. The van der Waals surface area contributed by atoms with Crippen molar-refractivity contribution in [3.8, 4) is 22.3 Å². The molecule has 0 amide bonds. The van der Waals surface area contributed by atoms with Gasteiger partial charge in [-0.15, -0.1) is 0 Å². The molecule has 0 saturated carbocycles. The second-order valence-electron chi connectivity index (χ2n) is 24.3. The van der Waals surface area contributed by atoms with Crippen LogP contribution >= 0.6 is 0 Å². The van der Waals surface area contributed by atoms with Gasteiger partial charge in [0.15, 0.2) is 0 Å². The molecule has 0 aromatic heterocycles. The molecule has 0 radical (unpaired) electrons. The summed E-state index contributed by atoms with van der Waals surface area (Å²) in [6.07, 6.45) is 0. The van der Waals surface area contributed by atoms with Gasteiger partial charge in [0.05, 0.1) is 5.69 Å². The first-order valence-corrected chi connectivity index (χ1v) is 26.3. The van der Waals surface area contributed by atoms with E-state index in [1.54, 1.807) is 0 Å². The highest BCUT2D eigenvalue weighted by Gasteiger charge is 2.45. The van der Waals surface area contributed by atoms with Gasteiger partial charge in [-0.3, -0.25) is 0 Å². The van der Waals surface area contributed by atoms with E-state index < -0.39 is 0 Å². The number of hydrogen-bond donors (Lipinski definition) is 0. The van der Waals surface area contributed by atoms with E-state index >= 15 is 0 Å². The Balaban J connectivity index is 1.12. The van der Waals surface area contributed by atoms with Crippen LogP contribution in [0.5, 0.6) is 0 Å². The Morgan fingerprint density at radius 1 is 0.384 bits per heavy atom. The predicted molar refractivity (Wildman–Crippen MR) is 314 cm³/mol. The molecule has 360 valence electrons. The number of fused-ring (bicyclic) bond motifs is 7. The maximum atomic E-state index is 2.59. The Bertz CT molecular complexity index is 3600. The lowest BCUT2D eigenvalue weighted by atomic mass is 9.33. The molecule has 0 spiro atoms. The maximum Gasteiger partial charge on any atom is 0.252 e. The zero-order valence-corrected chi connectivity index (χ0v) is 44.5. The first kappa shape index (κ1) is 46.5. The molecule has 0 fully saturated rings. The van der Waals surface area contributed by atoms with Crippen molar-refractivity contribution >= 4 is 74.3 Å². The van der Waals surface area contributed by atoms with E-state index in [0.717, 1.165) is 22.7 Å². The molecule has 4 heteroatoms. The lowest BCUT2D eigenvalue weighted by molar-refractivity contribution is 0.590. The van der Waals surface area contributed by atoms with E-state index in [1.165, 1.54) is 94.9 Å². The number of nitrogens with zero attached hydrogens (tertiary/aromatic N) is 3. The van der Waals surface area contributed by atoms with E-state index in [1.807, 2.05) is 0 Å². The summed E-state index contributed by atoms with van der Waals surface area (Å²) >= 11 is 0. The molecule has 0 saturated heterocycles. The molecule has 1 aliphatic carbocycles. The summed E-state index contributed by atoms with van der Waals surface area (Å²) in [6, 6.07) is 76.2. The second-order valence-corrected chi connectivity index (χ2v) is 24.3. The van der Waals surface area contributed by atoms with Crippen LogP contribution in [-0.4, -0.2) is 6.71 Å². The van der Waals surface area contributed by atoms with Crippen LogP contribution in [-0.2, 0) is 21.7 Å². The minimum atomic E-state index is -0.168. The molecule has 3 aliphatic rings. The van der Waals surface area contributed by atoms with Crippen LogP contribution in [0.3, 0.4) is 0 Å². The Morgan fingerprint density at radius 2 is 0.945 bits per heavy atom. The van der Waals surface area contributed by atoms with Crippen LogP contribution < -0.4 is 31.1 Å². The molecule has 12 rings (SSSR count). The summed E-state index contributed by atoms with van der Waals surface area (Å²) in [5, 5.41) is 0. The van der Waals surface area contributed by atoms with Crippen LogP contribution in [0.2, 0.25) is 0 Å². The predicted octanol–water partition coefficient (Wildman–Crippen LogP) is 17.1. The molecular formula is C69H66BN3. The minimum absolute atomic E-state index is 0.0252. The van der Waals surface area contributed by atoms with Gasteiger partial charge in [0, 0.05) is 56.5 Å². The molecule has 0 unspecified atom stereocenters. The topological polar surface area (TPSA) is 9.72 Å². The average Bonchev–Trinajstić information content (AvgIpc) is 3.61. The lowest BCUT2D eigenvalue weighted by Gasteiger charge is -2.45. The van der Waals surface area contributed by atoms with Crippen LogP contribution in [0.25, 0.3) is 22.3 Å². The van der Waals surface area contributed by atoms with E-state index in [4.69, 9.17) is 0 Å². The number of benzene rings is 9. The van der Waals surface area contributed by atoms with Crippen LogP contribution in [0, 0.1) is 0 Å². The molecular weight excluding hydrogens is 882 g/mol. The fourth-order valence-electron chi connectivity index (χ4n) is 12.1. The Kier molecular flexibility index (Phi) is 10.7. The van der Waals surface area contributed by atoms with Gasteiger partial charge in [0.2, 0.25) is 0 Å². The van der Waals surface area contributed by atoms with Crippen molar-refractivity contribution in [3.63, 3.8) is 0 Å². The Morgan fingerprint density at radius 3 is 1.62 bits per heavy atom. The third-order valence-electron chi connectivity index (χ3n) is 16.1. The summed E-state index contributed by atoms with van der Waals surface area (Å²) in [6.45, 7) is 25.5. The van der Waals surface area contributed by atoms with Crippen molar-refractivity contribution < 1.29 is 0 Å². The largest absolute Gasteiger partial charge is 0.311 e. The van der Waals surface area contributed by atoms with Gasteiger partial charge < -0.3 is 14.7 Å². The average molecular weight is 948 g/mol. The zero-order valence-electron chi connectivity index (χ0n) is 44.5. The highest BCUT2D eigenvalue weighted by Crippen LogP contribution is 2.52. The van der Waals surface area contributed by atoms with Crippen LogP contribution in [0.1, 0.15) is 104 Å². The molecule has 2 aliphatic heterocycles. The van der Waals surface area contributed by atoms with Crippen molar-refractivity contribution in [1.82, 2.24) is 0 Å². The smallest absolute Gasteiger partial charge is 0.252 e. The Labute approximate surface area is 434 Å². The van der Waals surface area contributed by atoms with Gasteiger partial charge in [-0.1, -0.05) is 204 Å². The lowest BCUT2D eigenvalue weighted by Crippen LogP contribution is -2.61. The molecule has 73 heavy (non-hydrogen) atoms. The molecule has 3 nitrogen and oxygen atoms in total. The highest BCUT2D eigenvalue weighted by atomic mass is 15.2. The number of anilines is 9. The van der Waals surface area contributed by atoms with Crippen molar-refractivity contribution in [3.05, 3.63) is 228 Å². The third kappa shape index (κ3) is 7.63. The molecule has 2 heterocycles. The van der Waals surface area contributed by atoms with Crippen LogP contribution in [0.4, 0.5) is 51.2 Å². The van der Waals surface area contributed by atoms with Gasteiger partial charge >= 0.3 is 0 Å². The number of hydrogen-bond acceptors (Lipinski definition) is 3. The van der Waals surface area contributed by atoms with E-state index in [-0.39, 0.29) is 28.4 Å². The first-order chi connectivity index (χ1) is 34.9. The summed E-state index contributed by atoms with van der Waals surface area (Å²) in [7, 11) is 0. The van der Waals surface area contributed by atoms with Crippen molar-refractivity contribution in [2.24, 2.45) is 0 Å². The number of para-hydroxylation sites is 2. The molecule has 0 N–H and O–H groups in total. The molecule has 9 aromatic carbocycles. The summed E-state index contributed by atoms with van der Waals surface area (Å²) in [5.41, 5.74) is 26.1. The van der Waals surface area contributed by atoms with Gasteiger partial charge in [-0.25, -0.2) is 0 Å². The SMILES string of the molecule is CC(C)(C)c1ccc(-c2ccccc2N(c2ccccc2)c2ccc3c(c2)N(c2ccc4c(c2)C(C)(C)c2ccccc2-4)c2cccc4c2B3c2cc(C(C)(C)C)ccc2N4c2ccc(C(C)(C)C)cc2)cc1. The second kappa shape index (κ2) is 16.8. The summed E-state index contributed by atoms with van der Waals surface area (Å²) < 4.78 is 0. The number of rotatable bonds is 6. The van der Waals surface area contributed by atoms with E-state index in [0.29, 0.717) is 0 Å². The van der Waals surface area contributed by atoms with Crippen molar-refractivity contribution in [1.29, 1.82) is 0 Å². The maximum absolute atomic E-state index is 2.59.